The second kappa shape index (κ2) is 10.3. The van der Waals surface area contributed by atoms with Crippen LogP contribution in [0.3, 0.4) is 0 Å². The van der Waals surface area contributed by atoms with E-state index in [9.17, 15) is 25.1 Å². The fraction of sp³-hybridized carbons (Fsp3) is 0.314. The highest BCUT2D eigenvalue weighted by atomic mass is 16.4. The summed E-state index contributed by atoms with van der Waals surface area (Å²) in [6.45, 7) is 13.8. The van der Waals surface area contributed by atoms with E-state index >= 15 is 0 Å². The van der Waals surface area contributed by atoms with Gasteiger partial charge in [0, 0.05) is 58.6 Å². The molecule has 2 aliphatic heterocycles. The molecule has 1 N–H and O–H groups in total. The Labute approximate surface area is 246 Å². The largest absolute Gasteiger partial charge is 0.871 e. The van der Waals surface area contributed by atoms with Crippen molar-refractivity contribution in [3.63, 3.8) is 0 Å². The maximum atomic E-state index is 13.5. The van der Waals surface area contributed by atoms with E-state index in [4.69, 9.17) is 0 Å². The van der Waals surface area contributed by atoms with Gasteiger partial charge >= 0.3 is 5.97 Å². The second-order valence-electron chi connectivity index (χ2n) is 12.0. The van der Waals surface area contributed by atoms with Crippen molar-refractivity contribution in [3.8, 4) is 6.07 Å². The van der Waals surface area contributed by atoms with Crippen LogP contribution in [-0.2, 0) is 20.4 Å². The highest BCUT2D eigenvalue weighted by molar-refractivity contribution is 6.24. The summed E-state index contributed by atoms with van der Waals surface area (Å²) in [6.07, 6.45) is 5.72. The van der Waals surface area contributed by atoms with Gasteiger partial charge in [-0.3, -0.25) is 4.79 Å². The Bertz CT molecular complexity index is 1740. The fourth-order valence-corrected chi connectivity index (χ4v) is 6.43. The Morgan fingerprint density at radius 2 is 1.79 bits per heavy atom. The lowest BCUT2D eigenvalue weighted by Crippen LogP contribution is -2.35. The van der Waals surface area contributed by atoms with Gasteiger partial charge in [-0.15, -0.1) is 0 Å². The molecular weight excluding hydrogens is 526 g/mol. The summed E-state index contributed by atoms with van der Waals surface area (Å²) in [4.78, 5) is 27.1. The summed E-state index contributed by atoms with van der Waals surface area (Å²) >= 11 is 0. The summed E-state index contributed by atoms with van der Waals surface area (Å²) in [7, 11) is 0. The quantitative estimate of drug-likeness (QED) is 0.280. The molecule has 0 saturated heterocycles. The molecule has 42 heavy (non-hydrogen) atoms. The number of carbonyl (C=O) groups excluding carboxylic acids is 1. The van der Waals surface area contributed by atoms with E-state index < -0.39 is 11.4 Å². The third kappa shape index (κ3) is 4.30. The number of nitriles is 1. The van der Waals surface area contributed by atoms with E-state index in [-0.39, 0.29) is 33.7 Å². The van der Waals surface area contributed by atoms with Gasteiger partial charge in [0.25, 0.3) is 0 Å². The predicted octanol–water partition coefficient (Wildman–Crippen LogP) is 5.29. The summed E-state index contributed by atoms with van der Waals surface area (Å²) in [5.41, 5.74) is 5.64. The number of allylic oxidation sites excluding steroid dienone is 5. The van der Waals surface area contributed by atoms with E-state index in [0.29, 0.717) is 12.1 Å². The predicted molar refractivity (Wildman–Crippen MR) is 161 cm³/mol. The number of ketones is 1. The molecular formula is C35H35N3O4. The van der Waals surface area contributed by atoms with E-state index in [1.807, 2.05) is 38.1 Å². The van der Waals surface area contributed by atoms with Gasteiger partial charge < -0.3 is 15.1 Å². The van der Waals surface area contributed by atoms with Gasteiger partial charge in [-0.1, -0.05) is 44.7 Å². The van der Waals surface area contributed by atoms with Gasteiger partial charge in [0.1, 0.15) is 18.2 Å². The monoisotopic (exact) mass is 561 g/mol. The summed E-state index contributed by atoms with van der Waals surface area (Å²) in [5, 5.41) is 32.0. The van der Waals surface area contributed by atoms with Crippen molar-refractivity contribution >= 4 is 34.9 Å². The molecule has 0 radical (unpaired) electrons. The number of nitrogens with zero attached hydrogens (tertiary/aromatic N) is 3. The lowest BCUT2D eigenvalue weighted by molar-refractivity contribution is -0.437. The minimum Gasteiger partial charge on any atom is -0.871 e. The number of hydrogen-bond donors (Lipinski definition) is 1. The highest BCUT2D eigenvalue weighted by Gasteiger charge is 2.46. The fourth-order valence-electron chi connectivity index (χ4n) is 6.43. The van der Waals surface area contributed by atoms with Crippen molar-refractivity contribution in [1.82, 2.24) is 0 Å². The standard InChI is InChI=1S/C35H35N3O4/c1-7-15-38-28-14-13-21(16-22(20-36)33(41)42)17-26(28)35(5,6)30(38)19-24-31(39)23(32(24)40)18-29-34(3,4)25-11-9-10-12-27(25)37(29)8-2/h9-14,16-19H,7-8,15H2,1-6H3,(H-,39,40,41,42)/b22-16+. The zero-order valence-electron chi connectivity index (χ0n) is 24.9. The van der Waals surface area contributed by atoms with Gasteiger partial charge in [0.15, 0.2) is 11.5 Å². The average Bonchev–Trinajstić information content (AvgIpc) is 3.31. The number of rotatable bonds is 7. The number of carboxylic acids is 1. The van der Waals surface area contributed by atoms with Gasteiger partial charge in [0.2, 0.25) is 5.69 Å². The first kappa shape index (κ1) is 28.8. The van der Waals surface area contributed by atoms with Gasteiger partial charge in [0.05, 0.1) is 5.41 Å². The Morgan fingerprint density at radius 3 is 2.40 bits per heavy atom. The number of likely N-dealkylation sites (N-methyl/N-ethyl adjacent to an activating group) is 1. The normalized spacial score (nSPS) is 20.6. The van der Waals surface area contributed by atoms with Crippen LogP contribution in [-0.4, -0.2) is 40.2 Å². The maximum Gasteiger partial charge on any atom is 0.346 e. The molecule has 7 nitrogen and oxygen atoms in total. The molecule has 2 aromatic carbocycles. The Kier molecular flexibility index (Phi) is 7.06. The second-order valence-corrected chi connectivity index (χ2v) is 12.0. The van der Waals surface area contributed by atoms with Crippen molar-refractivity contribution in [2.75, 3.05) is 18.0 Å². The molecule has 0 spiro atoms. The number of anilines is 1. The molecule has 5 rings (SSSR count). The minimum atomic E-state index is -1.28. The van der Waals surface area contributed by atoms with Crippen molar-refractivity contribution < 1.29 is 24.4 Å². The van der Waals surface area contributed by atoms with Crippen LogP contribution in [0.15, 0.2) is 82.8 Å². The van der Waals surface area contributed by atoms with Crippen LogP contribution in [0.25, 0.3) is 6.08 Å². The van der Waals surface area contributed by atoms with Crippen LogP contribution in [0.1, 0.15) is 64.7 Å². The molecule has 0 atom stereocenters. The van der Waals surface area contributed by atoms with Crippen LogP contribution in [0, 0.1) is 11.3 Å². The molecule has 0 aromatic heterocycles. The summed E-state index contributed by atoms with van der Waals surface area (Å²) in [6, 6.07) is 15.5. The third-order valence-electron chi connectivity index (χ3n) is 8.68. The van der Waals surface area contributed by atoms with E-state index in [1.54, 1.807) is 24.3 Å². The first-order chi connectivity index (χ1) is 19.9. The zero-order valence-corrected chi connectivity index (χ0v) is 24.9. The third-order valence-corrected chi connectivity index (χ3v) is 8.68. The minimum absolute atomic E-state index is 0.174. The number of benzene rings is 2. The highest BCUT2D eigenvalue weighted by Crippen LogP contribution is 2.49. The number of carboxylic acid groups (broad SMARTS) is 1. The maximum absolute atomic E-state index is 13.5. The van der Waals surface area contributed by atoms with Crippen molar-refractivity contribution in [2.24, 2.45) is 0 Å². The lowest BCUT2D eigenvalue weighted by Gasteiger charge is -2.32. The summed E-state index contributed by atoms with van der Waals surface area (Å²) in [5.74, 6) is -1.79. The molecule has 0 unspecified atom stereocenters. The van der Waals surface area contributed by atoms with Gasteiger partial charge in [-0.25, -0.2) is 4.79 Å². The van der Waals surface area contributed by atoms with Crippen molar-refractivity contribution in [3.05, 3.63) is 99.5 Å². The van der Waals surface area contributed by atoms with Gasteiger partial charge in [-0.2, -0.15) is 9.84 Å². The van der Waals surface area contributed by atoms with Crippen molar-refractivity contribution in [1.29, 1.82) is 5.26 Å². The van der Waals surface area contributed by atoms with E-state index in [1.165, 1.54) is 11.6 Å². The molecule has 0 saturated carbocycles. The van der Waals surface area contributed by atoms with Gasteiger partial charge in [-0.05, 0) is 62.2 Å². The number of fused-ring (bicyclic) bond motifs is 2. The number of hydrogen-bond acceptors (Lipinski definition) is 5. The Hall–Kier alpha value is -4.70. The molecule has 1 aliphatic carbocycles. The molecule has 7 heteroatoms. The van der Waals surface area contributed by atoms with Crippen LogP contribution >= 0.6 is 0 Å². The number of para-hydroxylation sites is 1. The number of carbonyl (C=O) groups is 2. The molecule has 3 aliphatic rings. The van der Waals surface area contributed by atoms with Crippen LogP contribution in [0.2, 0.25) is 0 Å². The average molecular weight is 562 g/mol. The molecule has 0 amide bonds. The molecule has 2 aromatic rings. The zero-order chi connectivity index (χ0) is 30.6. The first-order valence-corrected chi connectivity index (χ1v) is 14.3. The number of aliphatic carboxylic acids is 1. The Morgan fingerprint density at radius 1 is 1.07 bits per heavy atom. The topological polar surface area (TPSA) is 107 Å². The molecule has 2 heterocycles. The molecule has 0 bridgehead atoms. The Balaban J connectivity index is 1.56. The molecule has 214 valence electrons. The molecule has 0 fully saturated rings. The van der Waals surface area contributed by atoms with E-state index in [2.05, 4.69) is 49.3 Å². The number of Topliss-reactive ketones (excluding diaryl/α,β-unsaturated/α-hetero) is 1. The first-order valence-electron chi connectivity index (χ1n) is 14.3. The van der Waals surface area contributed by atoms with Crippen LogP contribution in [0.5, 0.6) is 0 Å². The smallest absolute Gasteiger partial charge is 0.346 e. The SMILES string of the molecule is CCC[N+]1=C(/C=C2\C(=O)C(/C=C3/N(CC)c4ccccc4C3(C)C)=C2[O-])C(C)(C)c2cc(/C=C(\C#N)C(=O)O)ccc21. The van der Waals surface area contributed by atoms with Crippen molar-refractivity contribution in [2.45, 2.75) is 58.8 Å². The van der Waals surface area contributed by atoms with Crippen LogP contribution in [0.4, 0.5) is 11.4 Å². The summed E-state index contributed by atoms with van der Waals surface area (Å²) < 4.78 is 2.13. The van der Waals surface area contributed by atoms with E-state index in [0.717, 1.165) is 41.3 Å². The van der Waals surface area contributed by atoms with Crippen LogP contribution < -0.4 is 10.0 Å². The lowest BCUT2D eigenvalue weighted by atomic mass is 9.77.